The number of ether oxygens (including phenoxy) is 2. The normalized spacial score (nSPS) is 11.3. The minimum Gasteiger partial charge on any atom is -0.462 e. The summed E-state index contributed by atoms with van der Waals surface area (Å²) in [5.41, 5.74) is -0.00596. The molecule has 0 amide bonds. The van der Waals surface area contributed by atoms with Crippen LogP contribution in [0.15, 0.2) is 6.20 Å². The summed E-state index contributed by atoms with van der Waals surface area (Å²) < 4.78 is 45.7. The van der Waals surface area contributed by atoms with Gasteiger partial charge in [0.15, 0.2) is 5.75 Å². The number of hydrogen-bond acceptors (Lipinski definition) is 4. The van der Waals surface area contributed by atoms with Crippen molar-refractivity contribution in [3.8, 4) is 5.75 Å². The maximum absolute atomic E-state index is 12.3. The Morgan fingerprint density at radius 1 is 1.53 bits per heavy atom. The number of pyridine rings is 1. The Labute approximate surface area is 128 Å². The van der Waals surface area contributed by atoms with E-state index in [4.69, 9.17) is 4.74 Å². The fourth-order valence-corrected chi connectivity index (χ4v) is 2.37. The Hall–Kier alpha value is -0.580. The molecular formula is C10H8BrF3INO3. The highest BCUT2D eigenvalue weighted by atomic mass is 127. The van der Waals surface area contributed by atoms with Crippen molar-refractivity contribution < 1.29 is 27.4 Å². The molecule has 1 aromatic heterocycles. The molecule has 0 bridgehead atoms. The Morgan fingerprint density at radius 2 is 2.16 bits per heavy atom. The van der Waals surface area contributed by atoms with Crippen LogP contribution < -0.4 is 4.74 Å². The maximum Gasteiger partial charge on any atom is 0.573 e. The third-order valence-corrected chi connectivity index (χ3v) is 3.27. The van der Waals surface area contributed by atoms with Gasteiger partial charge in [-0.2, -0.15) is 0 Å². The minimum absolute atomic E-state index is 0.00504. The molecule has 0 unspecified atom stereocenters. The van der Waals surface area contributed by atoms with Crippen LogP contribution in [0.25, 0.3) is 0 Å². The predicted molar refractivity (Wildman–Crippen MR) is 72.2 cm³/mol. The molecular weight excluding hydrogens is 446 g/mol. The molecule has 0 radical (unpaired) electrons. The quantitative estimate of drug-likeness (QED) is 0.302. The van der Waals surface area contributed by atoms with Crippen LogP contribution in [0.5, 0.6) is 5.75 Å². The van der Waals surface area contributed by atoms with E-state index in [9.17, 15) is 18.0 Å². The molecule has 106 valence electrons. The van der Waals surface area contributed by atoms with Crippen LogP contribution in [-0.4, -0.2) is 23.9 Å². The molecule has 0 N–H and O–H groups in total. The van der Waals surface area contributed by atoms with Crippen molar-refractivity contribution in [3.63, 3.8) is 0 Å². The van der Waals surface area contributed by atoms with Crippen molar-refractivity contribution in [1.29, 1.82) is 0 Å². The van der Waals surface area contributed by atoms with Crippen molar-refractivity contribution in [2.24, 2.45) is 0 Å². The van der Waals surface area contributed by atoms with Crippen LogP contribution in [-0.2, 0) is 10.1 Å². The zero-order valence-electron chi connectivity index (χ0n) is 9.55. The van der Waals surface area contributed by atoms with Gasteiger partial charge in [-0.1, -0.05) is 15.9 Å². The van der Waals surface area contributed by atoms with Crippen LogP contribution in [0.1, 0.15) is 22.8 Å². The van der Waals surface area contributed by atoms with Gasteiger partial charge in [-0.05, 0) is 29.5 Å². The first-order valence-electron chi connectivity index (χ1n) is 4.96. The second-order valence-electron chi connectivity index (χ2n) is 3.17. The molecule has 0 spiro atoms. The Kier molecular flexibility index (Phi) is 5.83. The van der Waals surface area contributed by atoms with E-state index in [-0.39, 0.29) is 26.8 Å². The lowest BCUT2D eigenvalue weighted by Crippen LogP contribution is -2.20. The van der Waals surface area contributed by atoms with Crippen LogP contribution in [0, 0.1) is 3.70 Å². The highest BCUT2D eigenvalue weighted by Crippen LogP contribution is 2.33. The molecule has 19 heavy (non-hydrogen) atoms. The van der Waals surface area contributed by atoms with E-state index in [1.807, 2.05) is 0 Å². The van der Waals surface area contributed by atoms with Crippen molar-refractivity contribution in [1.82, 2.24) is 4.98 Å². The number of rotatable bonds is 4. The van der Waals surface area contributed by atoms with E-state index < -0.39 is 18.1 Å². The lowest BCUT2D eigenvalue weighted by Gasteiger charge is -2.15. The van der Waals surface area contributed by atoms with Crippen LogP contribution in [0.3, 0.4) is 0 Å². The zero-order valence-corrected chi connectivity index (χ0v) is 13.3. The summed E-state index contributed by atoms with van der Waals surface area (Å²) in [6.45, 7) is 1.71. The lowest BCUT2D eigenvalue weighted by molar-refractivity contribution is -0.275. The van der Waals surface area contributed by atoms with Crippen molar-refractivity contribution >= 4 is 44.5 Å². The van der Waals surface area contributed by atoms with Gasteiger partial charge in [-0.15, -0.1) is 13.2 Å². The third-order valence-electron chi connectivity index (χ3n) is 1.94. The number of carbonyl (C=O) groups is 1. The third kappa shape index (κ3) is 4.48. The molecule has 0 aliphatic rings. The molecule has 0 saturated heterocycles. The van der Waals surface area contributed by atoms with Gasteiger partial charge in [-0.25, -0.2) is 9.78 Å². The molecule has 0 aliphatic carbocycles. The first kappa shape index (κ1) is 16.5. The summed E-state index contributed by atoms with van der Waals surface area (Å²) in [4.78, 5) is 15.3. The summed E-state index contributed by atoms with van der Waals surface area (Å²) in [6, 6.07) is 0. The topological polar surface area (TPSA) is 48.4 Å². The number of nitrogens with zero attached hydrogens (tertiary/aromatic N) is 1. The van der Waals surface area contributed by atoms with E-state index in [2.05, 4.69) is 25.7 Å². The largest absolute Gasteiger partial charge is 0.573 e. The summed E-state index contributed by atoms with van der Waals surface area (Å²) in [7, 11) is 0. The van der Waals surface area contributed by atoms with Crippen molar-refractivity contribution in [2.75, 3.05) is 6.61 Å². The molecule has 0 atom stereocenters. The van der Waals surface area contributed by atoms with E-state index in [0.717, 1.165) is 0 Å². The average molecular weight is 454 g/mol. The SMILES string of the molecule is CCOC(=O)c1cnc(I)c(OC(F)(F)F)c1CBr. The molecule has 1 rings (SSSR count). The van der Waals surface area contributed by atoms with E-state index in [0.29, 0.717) is 0 Å². The number of carbonyl (C=O) groups excluding carboxylic acids is 1. The van der Waals surface area contributed by atoms with Gasteiger partial charge in [0.2, 0.25) is 0 Å². The molecule has 0 saturated carbocycles. The predicted octanol–water partition coefficient (Wildman–Crippen LogP) is 3.66. The summed E-state index contributed by atoms with van der Waals surface area (Å²) in [5, 5.41) is 0.00504. The lowest BCUT2D eigenvalue weighted by atomic mass is 10.1. The molecule has 4 nitrogen and oxygen atoms in total. The van der Waals surface area contributed by atoms with Crippen LogP contribution in [0.2, 0.25) is 0 Å². The average Bonchev–Trinajstić information content (AvgIpc) is 2.30. The van der Waals surface area contributed by atoms with Gasteiger partial charge in [0, 0.05) is 17.1 Å². The Balaban J connectivity index is 3.29. The second-order valence-corrected chi connectivity index (χ2v) is 4.75. The summed E-state index contributed by atoms with van der Waals surface area (Å²) >= 11 is 4.64. The van der Waals surface area contributed by atoms with Gasteiger partial charge >= 0.3 is 12.3 Å². The summed E-state index contributed by atoms with van der Waals surface area (Å²) in [6.07, 6.45) is -3.69. The molecule has 1 aromatic rings. The van der Waals surface area contributed by atoms with Gasteiger partial charge in [0.25, 0.3) is 0 Å². The second kappa shape index (κ2) is 6.73. The van der Waals surface area contributed by atoms with Gasteiger partial charge in [0.1, 0.15) is 3.70 Å². The minimum atomic E-state index is -4.86. The van der Waals surface area contributed by atoms with Crippen molar-refractivity contribution in [2.45, 2.75) is 18.6 Å². The fourth-order valence-electron chi connectivity index (χ4n) is 1.24. The molecule has 1 heterocycles. The maximum atomic E-state index is 12.3. The number of esters is 1. The number of aromatic nitrogens is 1. The molecule has 0 fully saturated rings. The highest BCUT2D eigenvalue weighted by Gasteiger charge is 2.34. The summed E-state index contributed by atoms with van der Waals surface area (Å²) in [5.74, 6) is -1.23. The van der Waals surface area contributed by atoms with E-state index in [1.165, 1.54) is 6.20 Å². The smallest absolute Gasteiger partial charge is 0.462 e. The molecule has 0 aromatic carbocycles. The first-order chi connectivity index (χ1) is 8.80. The Bertz CT molecular complexity index is 482. The van der Waals surface area contributed by atoms with Gasteiger partial charge < -0.3 is 9.47 Å². The van der Waals surface area contributed by atoms with Crippen LogP contribution in [0.4, 0.5) is 13.2 Å². The Morgan fingerprint density at radius 3 is 2.63 bits per heavy atom. The van der Waals surface area contributed by atoms with Gasteiger partial charge in [0.05, 0.1) is 12.2 Å². The first-order valence-corrected chi connectivity index (χ1v) is 7.16. The molecule has 9 heteroatoms. The number of alkyl halides is 4. The monoisotopic (exact) mass is 453 g/mol. The van der Waals surface area contributed by atoms with Crippen molar-refractivity contribution in [3.05, 3.63) is 21.0 Å². The van der Waals surface area contributed by atoms with Gasteiger partial charge in [-0.3, -0.25) is 0 Å². The number of hydrogen-bond donors (Lipinski definition) is 0. The van der Waals surface area contributed by atoms with E-state index >= 15 is 0 Å². The van der Waals surface area contributed by atoms with Crippen LogP contribution >= 0.6 is 38.5 Å². The van der Waals surface area contributed by atoms with E-state index in [1.54, 1.807) is 29.5 Å². The zero-order chi connectivity index (χ0) is 14.6. The molecule has 0 aliphatic heterocycles. The number of halogens is 5. The standard InChI is InChI=1S/C10H8BrF3INO3/c1-2-18-9(17)6-4-16-8(15)7(5(6)3-11)19-10(12,13)14/h4H,2-3H2,1H3. The highest BCUT2D eigenvalue weighted by molar-refractivity contribution is 14.1. The fraction of sp³-hybridized carbons (Fsp3) is 0.400.